The van der Waals surface area contributed by atoms with Crippen LogP contribution in [-0.2, 0) is 0 Å². The van der Waals surface area contributed by atoms with Crippen LogP contribution < -0.4 is 33.4 Å². The number of aromatic amines is 4. The van der Waals surface area contributed by atoms with Crippen LogP contribution >= 0.6 is 0 Å². The molecule has 0 aliphatic carbocycles. The Kier molecular flexibility index (Phi) is 3.97. The molecule has 0 radical (unpaired) electrons. The van der Waals surface area contributed by atoms with Gasteiger partial charge < -0.3 is 21.1 Å². The maximum Gasteiger partial charge on any atom is 0.328 e. The van der Waals surface area contributed by atoms with Crippen LogP contribution in [0.4, 0.5) is 0 Å². The minimum Gasteiger partial charge on any atom is -0.508 e. The molecule has 1 unspecified atom stereocenters. The highest BCUT2D eigenvalue weighted by Gasteiger charge is 2.36. The Morgan fingerprint density at radius 2 is 1.48 bits per heavy atom. The fourth-order valence-corrected chi connectivity index (χ4v) is 2.99. The van der Waals surface area contributed by atoms with Gasteiger partial charge in [0.1, 0.15) is 11.5 Å². The topological polar surface area (TPSA) is 216 Å². The number of rotatable bonds is 1. The second-order valence-corrected chi connectivity index (χ2v) is 5.58. The fourth-order valence-electron chi connectivity index (χ4n) is 2.99. The van der Waals surface area contributed by atoms with E-state index >= 15 is 0 Å². The van der Waals surface area contributed by atoms with Crippen LogP contribution in [0, 0.1) is 0 Å². The number of nitrogens with one attached hydrogen (secondary N) is 4. The maximum atomic E-state index is 12.4. The molecule has 140 valence electrons. The van der Waals surface area contributed by atoms with E-state index in [1.54, 1.807) is 0 Å². The van der Waals surface area contributed by atoms with E-state index in [0.29, 0.717) is 0 Å². The first-order chi connectivity index (χ1) is 12.3. The second kappa shape index (κ2) is 6.03. The lowest BCUT2D eigenvalue weighted by Gasteiger charge is -2.26. The molecule has 0 saturated carbocycles. The highest BCUT2D eigenvalue weighted by molar-refractivity contribution is 5.58. The van der Waals surface area contributed by atoms with Crippen molar-refractivity contribution in [3.63, 3.8) is 0 Å². The lowest BCUT2D eigenvalue weighted by molar-refractivity contribution is 0.410. The summed E-state index contributed by atoms with van der Waals surface area (Å²) in [6, 6.07) is 3.92. The standard InChI is InChI=1S/C15H10N4O7.H3N/c20-4-1-2-5-6(3-4)26-13-9(12(23)18-15(25)19-13)7(5)8-10(21)16-14(24)17-11(8)22;/h1-3,7,20H,(H2,18,19,23,25)(H3,16,17,21,22,24);1H3. The van der Waals surface area contributed by atoms with Crippen LogP contribution in [0.3, 0.4) is 0 Å². The molecule has 0 saturated heterocycles. The summed E-state index contributed by atoms with van der Waals surface area (Å²) >= 11 is 0. The summed E-state index contributed by atoms with van der Waals surface area (Å²) in [4.78, 5) is 55.9. The average Bonchev–Trinajstić information content (AvgIpc) is 2.52. The highest BCUT2D eigenvalue weighted by Crippen LogP contribution is 2.45. The van der Waals surface area contributed by atoms with Crippen molar-refractivity contribution in [1.29, 1.82) is 0 Å². The number of benzene rings is 1. The summed E-state index contributed by atoms with van der Waals surface area (Å²) in [5.41, 5.74) is -3.72. The monoisotopic (exact) mass is 375 g/mol. The van der Waals surface area contributed by atoms with Gasteiger partial charge in [0.05, 0.1) is 17.0 Å². The molecule has 3 heterocycles. The Hall–Kier alpha value is -4.06. The first kappa shape index (κ1) is 17.8. The van der Waals surface area contributed by atoms with Gasteiger partial charge in [0.2, 0.25) is 11.8 Å². The number of H-pyrrole nitrogens is 4. The van der Waals surface area contributed by atoms with Crippen molar-refractivity contribution in [2.75, 3.05) is 0 Å². The molecule has 12 heteroatoms. The molecule has 1 atom stereocenters. The Morgan fingerprint density at radius 3 is 2.15 bits per heavy atom. The summed E-state index contributed by atoms with van der Waals surface area (Å²) in [6.45, 7) is 0. The van der Waals surface area contributed by atoms with Crippen molar-refractivity contribution in [1.82, 2.24) is 26.1 Å². The SMILES string of the molecule is N.O=c1[nH]c(O)c(C2c3ccc(O)cc3Oc3[nH]c(=O)[nH]c(=O)c32)c(=O)[nH]1. The molecule has 0 bridgehead atoms. The van der Waals surface area contributed by atoms with Crippen LogP contribution in [0.5, 0.6) is 23.3 Å². The minimum absolute atomic E-state index is 0. The van der Waals surface area contributed by atoms with Gasteiger partial charge in [0.25, 0.3) is 11.1 Å². The van der Waals surface area contributed by atoms with Crippen LogP contribution in [0.25, 0.3) is 0 Å². The van der Waals surface area contributed by atoms with Gasteiger partial charge in [-0.25, -0.2) is 9.59 Å². The third-order valence-electron chi connectivity index (χ3n) is 4.00. The van der Waals surface area contributed by atoms with Crippen LogP contribution in [0.2, 0.25) is 0 Å². The van der Waals surface area contributed by atoms with Crippen molar-refractivity contribution in [3.05, 3.63) is 76.6 Å². The van der Waals surface area contributed by atoms with Gasteiger partial charge in [0.15, 0.2) is 0 Å². The molecule has 9 N–H and O–H groups in total. The van der Waals surface area contributed by atoms with Crippen LogP contribution in [-0.4, -0.2) is 30.1 Å². The second-order valence-electron chi connectivity index (χ2n) is 5.58. The number of aromatic nitrogens is 4. The lowest BCUT2D eigenvalue weighted by Crippen LogP contribution is -2.34. The van der Waals surface area contributed by atoms with Gasteiger partial charge in [-0.15, -0.1) is 0 Å². The van der Waals surface area contributed by atoms with Gasteiger partial charge in [-0.1, -0.05) is 6.07 Å². The molecule has 12 nitrogen and oxygen atoms in total. The van der Waals surface area contributed by atoms with E-state index in [0.717, 1.165) is 0 Å². The van der Waals surface area contributed by atoms with Gasteiger partial charge in [-0.3, -0.25) is 29.5 Å². The first-order valence-corrected chi connectivity index (χ1v) is 7.28. The molecule has 1 aliphatic rings. The van der Waals surface area contributed by atoms with Crippen molar-refractivity contribution >= 4 is 0 Å². The van der Waals surface area contributed by atoms with E-state index in [1.165, 1.54) is 18.2 Å². The van der Waals surface area contributed by atoms with Gasteiger partial charge in [-0.2, -0.15) is 0 Å². The number of ether oxygens (including phenoxy) is 1. The van der Waals surface area contributed by atoms with E-state index in [1.807, 2.05) is 9.97 Å². The van der Waals surface area contributed by atoms with E-state index in [-0.39, 0.29) is 40.2 Å². The predicted octanol–water partition coefficient (Wildman–Crippen LogP) is -0.701. The van der Waals surface area contributed by atoms with E-state index < -0.39 is 34.3 Å². The summed E-state index contributed by atoms with van der Waals surface area (Å²) in [6.07, 6.45) is 0. The normalized spacial score (nSPS) is 14.4. The third kappa shape index (κ3) is 2.69. The zero-order valence-corrected chi connectivity index (χ0v) is 13.5. The molecule has 3 aromatic rings. The van der Waals surface area contributed by atoms with Crippen molar-refractivity contribution in [3.8, 4) is 23.3 Å². The first-order valence-electron chi connectivity index (χ1n) is 7.28. The Bertz CT molecular complexity index is 1260. The largest absolute Gasteiger partial charge is 0.508 e. The Labute approximate surface area is 147 Å². The lowest BCUT2D eigenvalue weighted by atomic mass is 9.85. The summed E-state index contributed by atoms with van der Waals surface area (Å²) < 4.78 is 5.47. The average molecular weight is 375 g/mol. The molecule has 4 rings (SSSR count). The predicted molar refractivity (Wildman–Crippen MR) is 91.2 cm³/mol. The molecule has 1 aliphatic heterocycles. The molecule has 0 fully saturated rings. The van der Waals surface area contributed by atoms with E-state index in [4.69, 9.17) is 4.74 Å². The summed E-state index contributed by atoms with van der Waals surface area (Å²) in [5.74, 6) is -2.24. The van der Waals surface area contributed by atoms with Crippen LogP contribution in [0.1, 0.15) is 22.6 Å². The van der Waals surface area contributed by atoms with Crippen LogP contribution in [0.15, 0.2) is 37.4 Å². The fraction of sp³-hybridized carbons (Fsp3) is 0.0667. The maximum absolute atomic E-state index is 12.4. The Balaban J connectivity index is 0.00000210. The van der Waals surface area contributed by atoms with Crippen molar-refractivity contribution < 1.29 is 14.9 Å². The van der Waals surface area contributed by atoms with E-state index in [2.05, 4.69) is 9.97 Å². The number of phenolic OH excluding ortho intramolecular Hbond substituents is 1. The number of aromatic hydroxyl groups is 2. The minimum atomic E-state index is -1.17. The van der Waals surface area contributed by atoms with E-state index in [9.17, 15) is 29.4 Å². The Morgan fingerprint density at radius 1 is 0.852 bits per heavy atom. The zero-order chi connectivity index (χ0) is 18.6. The third-order valence-corrected chi connectivity index (χ3v) is 4.00. The van der Waals surface area contributed by atoms with Crippen molar-refractivity contribution in [2.45, 2.75) is 5.92 Å². The molecule has 0 spiro atoms. The number of hydrogen-bond acceptors (Lipinski definition) is 8. The van der Waals surface area contributed by atoms with Gasteiger partial charge >= 0.3 is 11.4 Å². The molecule has 1 aromatic carbocycles. The molecular weight excluding hydrogens is 362 g/mol. The summed E-state index contributed by atoms with van der Waals surface area (Å²) in [5, 5.41) is 19.8. The molecular formula is C15H13N5O7. The smallest absolute Gasteiger partial charge is 0.328 e. The quantitative estimate of drug-likeness (QED) is 0.225. The molecule has 27 heavy (non-hydrogen) atoms. The van der Waals surface area contributed by atoms with Gasteiger partial charge in [-0.05, 0) is 6.07 Å². The van der Waals surface area contributed by atoms with Gasteiger partial charge in [0, 0.05) is 11.6 Å². The zero-order valence-electron chi connectivity index (χ0n) is 13.5. The number of hydrogen-bond donors (Lipinski definition) is 7. The number of fused-ring (bicyclic) bond motifs is 2. The highest BCUT2D eigenvalue weighted by atomic mass is 16.5. The molecule has 0 amide bonds. The molecule has 2 aromatic heterocycles. The number of phenols is 1. The van der Waals surface area contributed by atoms with Crippen molar-refractivity contribution in [2.24, 2.45) is 0 Å². The summed E-state index contributed by atoms with van der Waals surface area (Å²) in [7, 11) is 0.